The summed E-state index contributed by atoms with van der Waals surface area (Å²) >= 11 is 0. The molecule has 0 fully saturated rings. The van der Waals surface area contributed by atoms with E-state index in [4.69, 9.17) is 0 Å². The van der Waals surface area contributed by atoms with E-state index in [2.05, 4.69) is 29.3 Å². The van der Waals surface area contributed by atoms with Gasteiger partial charge in [0.1, 0.15) is 0 Å². The molecule has 0 radical (unpaired) electrons. The van der Waals surface area contributed by atoms with Crippen molar-refractivity contribution in [2.24, 2.45) is 13.0 Å². The minimum atomic E-state index is 0.601. The minimum absolute atomic E-state index is 0.601. The van der Waals surface area contributed by atoms with Gasteiger partial charge in [0, 0.05) is 6.42 Å². The van der Waals surface area contributed by atoms with Gasteiger partial charge < -0.3 is 0 Å². The largest absolute Gasteiger partial charge is 0.175 e. The van der Waals surface area contributed by atoms with Crippen molar-refractivity contribution in [2.75, 3.05) is 0 Å². The molecular weight excluding hydrogens is 128 g/mol. The number of nitrogens with zero attached hydrogens (tertiary/aromatic N) is 4. The van der Waals surface area contributed by atoms with Gasteiger partial charge in [0.05, 0.1) is 7.05 Å². The van der Waals surface area contributed by atoms with Gasteiger partial charge in [-0.05, 0) is 11.1 Å². The second-order valence-electron chi connectivity index (χ2n) is 2.79. The fourth-order valence-electron chi connectivity index (χ4n) is 0.770. The van der Waals surface area contributed by atoms with Crippen molar-refractivity contribution in [3.8, 4) is 0 Å². The first-order valence-corrected chi connectivity index (χ1v) is 3.41. The summed E-state index contributed by atoms with van der Waals surface area (Å²) in [7, 11) is 1.77. The van der Waals surface area contributed by atoms with Crippen LogP contribution in [0.5, 0.6) is 0 Å². The smallest absolute Gasteiger partial charge is 0.167 e. The molecule has 1 heterocycles. The molecule has 1 aromatic heterocycles. The molecule has 0 aliphatic rings. The molecule has 0 aliphatic heterocycles. The molecule has 1 aromatic rings. The fourth-order valence-corrected chi connectivity index (χ4v) is 0.770. The molecule has 0 atom stereocenters. The lowest BCUT2D eigenvalue weighted by atomic mass is 10.1. The van der Waals surface area contributed by atoms with Crippen LogP contribution in [-0.4, -0.2) is 20.2 Å². The highest BCUT2D eigenvalue weighted by molar-refractivity contribution is 4.77. The quantitative estimate of drug-likeness (QED) is 0.597. The molecule has 4 heteroatoms. The first kappa shape index (κ1) is 7.18. The van der Waals surface area contributed by atoms with E-state index in [1.807, 2.05) is 0 Å². The molecule has 1 rings (SSSR count). The fraction of sp³-hybridized carbons (Fsp3) is 0.833. The summed E-state index contributed by atoms with van der Waals surface area (Å²) in [5, 5.41) is 11.6. The monoisotopic (exact) mass is 140 g/mol. The number of aryl methyl sites for hydroxylation is 1. The average molecular weight is 140 g/mol. The second-order valence-corrected chi connectivity index (χ2v) is 2.79. The molecule has 0 bridgehead atoms. The van der Waals surface area contributed by atoms with Crippen LogP contribution >= 0.6 is 0 Å². The average Bonchev–Trinajstić information content (AvgIpc) is 2.13. The molecule has 0 saturated carbocycles. The molecule has 56 valence electrons. The van der Waals surface area contributed by atoms with E-state index in [9.17, 15) is 0 Å². The van der Waals surface area contributed by atoms with Crippen LogP contribution in [-0.2, 0) is 13.5 Å². The van der Waals surface area contributed by atoms with Crippen molar-refractivity contribution in [1.29, 1.82) is 0 Å². The van der Waals surface area contributed by atoms with E-state index in [0.717, 1.165) is 12.2 Å². The van der Waals surface area contributed by atoms with Crippen LogP contribution in [0.4, 0.5) is 0 Å². The van der Waals surface area contributed by atoms with Gasteiger partial charge in [-0.3, -0.25) is 0 Å². The van der Waals surface area contributed by atoms with Crippen LogP contribution in [0.15, 0.2) is 0 Å². The van der Waals surface area contributed by atoms with Gasteiger partial charge in [-0.1, -0.05) is 13.8 Å². The number of tetrazole rings is 1. The third-order valence-corrected chi connectivity index (χ3v) is 1.14. The lowest BCUT2D eigenvalue weighted by molar-refractivity contribution is 0.604. The van der Waals surface area contributed by atoms with Gasteiger partial charge in [-0.2, -0.15) is 4.80 Å². The molecule has 0 saturated heterocycles. The Kier molecular flexibility index (Phi) is 1.99. The van der Waals surface area contributed by atoms with Gasteiger partial charge >= 0.3 is 0 Å². The zero-order valence-corrected chi connectivity index (χ0v) is 6.57. The maximum Gasteiger partial charge on any atom is 0.175 e. The Bertz CT molecular complexity index is 203. The van der Waals surface area contributed by atoms with Crippen LogP contribution in [0.1, 0.15) is 19.7 Å². The molecule has 0 amide bonds. The second kappa shape index (κ2) is 2.77. The van der Waals surface area contributed by atoms with E-state index < -0.39 is 0 Å². The number of hydrogen-bond donors (Lipinski definition) is 0. The predicted molar refractivity (Wildman–Crippen MR) is 37.3 cm³/mol. The van der Waals surface area contributed by atoms with E-state index in [0.29, 0.717) is 5.92 Å². The highest BCUT2D eigenvalue weighted by atomic mass is 15.6. The zero-order chi connectivity index (χ0) is 7.56. The Morgan fingerprint density at radius 1 is 1.50 bits per heavy atom. The molecule has 4 nitrogen and oxygen atoms in total. The zero-order valence-electron chi connectivity index (χ0n) is 6.57. The summed E-state index contributed by atoms with van der Waals surface area (Å²) in [5.74, 6) is 1.43. The van der Waals surface area contributed by atoms with Gasteiger partial charge in [0.15, 0.2) is 5.82 Å². The first-order chi connectivity index (χ1) is 4.68. The Morgan fingerprint density at radius 2 is 2.20 bits per heavy atom. The molecular formula is C6H12N4. The summed E-state index contributed by atoms with van der Waals surface area (Å²) in [4.78, 5) is 1.48. The topological polar surface area (TPSA) is 43.6 Å². The maximum atomic E-state index is 4.05. The third kappa shape index (κ3) is 1.79. The summed E-state index contributed by atoms with van der Waals surface area (Å²) in [6, 6.07) is 0. The van der Waals surface area contributed by atoms with Crippen molar-refractivity contribution in [3.05, 3.63) is 5.82 Å². The lowest BCUT2D eigenvalue weighted by Crippen LogP contribution is -1.97. The molecule has 0 N–H and O–H groups in total. The van der Waals surface area contributed by atoms with Crippen LogP contribution in [0.2, 0.25) is 0 Å². The Morgan fingerprint density at radius 3 is 2.60 bits per heavy atom. The minimum Gasteiger partial charge on any atom is -0.167 e. The summed E-state index contributed by atoms with van der Waals surface area (Å²) in [6.07, 6.45) is 0.911. The van der Waals surface area contributed by atoms with Gasteiger partial charge in [-0.25, -0.2) is 0 Å². The van der Waals surface area contributed by atoms with Crippen LogP contribution in [0, 0.1) is 5.92 Å². The summed E-state index contributed by atoms with van der Waals surface area (Å²) < 4.78 is 0. The Hall–Kier alpha value is -0.930. The van der Waals surface area contributed by atoms with Crippen molar-refractivity contribution in [1.82, 2.24) is 20.2 Å². The Balaban J connectivity index is 2.58. The van der Waals surface area contributed by atoms with Gasteiger partial charge in [0.2, 0.25) is 0 Å². The Labute approximate surface area is 60.2 Å². The van der Waals surface area contributed by atoms with Crippen molar-refractivity contribution >= 4 is 0 Å². The SMILES string of the molecule is CC(C)Cc1nnn(C)n1. The van der Waals surface area contributed by atoms with Crippen LogP contribution < -0.4 is 0 Å². The van der Waals surface area contributed by atoms with Gasteiger partial charge in [-0.15, -0.1) is 10.2 Å². The van der Waals surface area contributed by atoms with E-state index in [1.165, 1.54) is 4.80 Å². The first-order valence-electron chi connectivity index (χ1n) is 3.41. The number of rotatable bonds is 2. The molecule has 0 unspecified atom stereocenters. The molecule has 0 spiro atoms. The van der Waals surface area contributed by atoms with Gasteiger partial charge in [0.25, 0.3) is 0 Å². The molecule has 0 aliphatic carbocycles. The standard InChI is InChI=1S/C6H12N4/c1-5(2)4-6-7-9-10(3)8-6/h5H,4H2,1-3H3. The van der Waals surface area contributed by atoms with Crippen LogP contribution in [0.3, 0.4) is 0 Å². The normalized spacial score (nSPS) is 10.8. The van der Waals surface area contributed by atoms with Crippen molar-refractivity contribution < 1.29 is 0 Å². The highest BCUT2D eigenvalue weighted by Crippen LogP contribution is 1.99. The number of aromatic nitrogens is 4. The maximum absolute atomic E-state index is 4.05. The molecule has 10 heavy (non-hydrogen) atoms. The van der Waals surface area contributed by atoms with Crippen molar-refractivity contribution in [2.45, 2.75) is 20.3 Å². The third-order valence-electron chi connectivity index (χ3n) is 1.14. The van der Waals surface area contributed by atoms with E-state index in [1.54, 1.807) is 7.05 Å². The lowest BCUT2D eigenvalue weighted by Gasteiger charge is -1.95. The number of hydrogen-bond acceptors (Lipinski definition) is 3. The highest BCUT2D eigenvalue weighted by Gasteiger charge is 2.01. The predicted octanol–water partition coefficient (Wildman–Crippen LogP) is 0.409. The summed E-state index contributed by atoms with van der Waals surface area (Å²) in [6.45, 7) is 4.27. The van der Waals surface area contributed by atoms with E-state index >= 15 is 0 Å². The van der Waals surface area contributed by atoms with E-state index in [-0.39, 0.29) is 0 Å². The van der Waals surface area contributed by atoms with Crippen molar-refractivity contribution in [3.63, 3.8) is 0 Å². The van der Waals surface area contributed by atoms with Crippen LogP contribution in [0.25, 0.3) is 0 Å². The molecule has 0 aromatic carbocycles. The summed E-state index contributed by atoms with van der Waals surface area (Å²) in [5.41, 5.74) is 0.